The van der Waals surface area contributed by atoms with Crippen molar-refractivity contribution in [3.8, 4) is 11.5 Å². The number of rotatable bonds is 9. The van der Waals surface area contributed by atoms with Crippen molar-refractivity contribution in [1.29, 1.82) is 0 Å². The molecule has 0 fully saturated rings. The molecule has 8 nitrogen and oxygen atoms in total. The Kier molecular flexibility index (Phi) is 8.29. The number of methoxy groups -OCH3 is 2. The molecule has 2 amide bonds. The predicted molar refractivity (Wildman–Crippen MR) is 123 cm³/mol. The number of nitrogens with one attached hydrogen (secondary N) is 1. The first-order valence-corrected chi connectivity index (χ1v) is 11.0. The quantitative estimate of drug-likeness (QED) is 0.584. The summed E-state index contributed by atoms with van der Waals surface area (Å²) in [6.07, 6.45) is 2.44. The lowest BCUT2D eigenvalue weighted by Gasteiger charge is -2.36. The third kappa shape index (κ3) is 6.25. The standard InChI is InChI=1S/C25H30N2O6/c1-4-5-6-23(28)27-15-18-13-21(33-16-24(29)32-3)10-7-17(18)14-22(27)25(30)26-19-8-11-20(31-2)12-9-19/h7-13,22H,4-6,14-16H2,1-3H3,(H,26,30). The number of esters is 1. The van der Waals surface area contributed by atoms with E-state index in [1.807, 2.05) is 19.1 Å². The van der Waals surface area contributed by atoms with Crippen LogP contribution in [0.4, 0.5) is 5.69 Å². The minimum Gasteiger partial charge on any atom is -0.497 e. The fourth-order valence-corrected chi connectivity index (χ4v) is 3.72. The molecule has 33 heavy (non-hydrogen) atoms. The molecule has 1 unspecified atom stereocenters. The van der Waals surface area contributed by atoms with Crippen LogP contribution in [0.2, 0.25) is 0 Å². The van der Waals surface area contributed by atoms with E-state index in [0.29, 0.717) is 36.6 Å². The molecular weight excluding hydrogens is 424 g/mol. The van der Waals surface area contributed by atoms with Gasteiger partial charge in [-0.25, -0.2) is 4.79 Å². The van der Waals surface area contributed by atoms with Crippen molar-refractivity contribution < 1.29 is 28.6 Å². The summed E-state index contributed by atoms with van der Waals surface area (Å²) in [6, 6.07) is 11.9. The topological polar surface area (TPSA) is 94.2 Å². The fourth-order valence-electron chi connectivity index (χ4n) is 3.72. The van der Waals surface area contributed by atoms with Gasteiger partial charge in [0.15, 0.2) is 6.61 Å². The summed E-state index contributed by atoms with van der Waals surface area (Å²) in [5.74, 6) is 0.446. The van der Waals surface area contributed by atoms with E-state index < -0.39 is 12.0 Å². The number of anilines is 1. The second-order valence-corrected chi connectivity index (χ2v) is 7.86. The molecule has 2 aromatic carbocycles. The number of amides is 2. The van der Waals surface area contributed by atoms with Gasteiger partial charge in [0.1, 0.15) is 17.5 Å². The maximum atomic E-state index is 13.2. The summed E-state index contributed by atoms with van der Waals surface area (Å²) in [4.78, 5) is 39.2. The zero-order valence-corrected chi connectivity index (χ0v) is 19.3. The van der Waals surface area contributed by atoms with Gasteiger partial charge in [-0.15, -0.1) is 0 Å². The predicted octanol–water partition coefficient (Wildman–Crippen LogP) is 3.33. The van der Waals surface area contributed by atoms with E-state index in [4.69, 9.17) is 9.47 Å². The molecule has 3 rings (SSSR count). The fraction of sp³-hybridized carbons (Fsp3) is 0.400. The third-order valence-corrected chi connectivity index (χ3v) is 5.62. The summed E-state index contributed by atoms with van der Waals surface area (Å²) in [7, 11) is 2.88. The Bertz CT molecular complexity index is 989. The number of fused-ring (bicyclic) bond motifs is 1. The van der Waals surface area contributed by atoms with E-state index in [1.165, 1.54) is 7.11 Å². The highest BCUT2D eigenvalue weighted by Crippen LogP contribution is 2.29. The monoisotopic (exact) mass is 454 g/mol. The Morgan fingerprint density at radius 3 is 2.42 bits per heavy atom. The van der Waals surface area contributed by atoms with Crippen LogP contribution in [0.25, 0.3) is 0 Å². The SMILES string of the molecule is CCCCC(=O)N1Cc2cc(OCC(=O)OC)ccc2CC1C(=O)Nc1ccc(OC)cc1. The number of ether oxygens (including phenoxy) is 3. The van der Waals surface area contributed by atoms with Crippen molar-refractivity contribution in [3.63, 3.8) is 0 Å². The van der Waals surface area contributed by atoms with Crippen molar-refractivity contribution in [1.82, 2.24) is 4.90 Å². The van der Waals surface area contributed by atoms with Crippen LogP contribution in [-0.4, -0.2) is 49.6 Å². The molecular formula is C25H30N2O6. The first kappa shape index (κ1) is 24.1. The molecule has 2 aromatic rings. The lowest BCUT2D eigenvalue weighted by atomic mass is 9.92. The molecule has 0 saturated heterocycles. The van der Waals surface area contributed by atoms with Gasteiger partial charge in [0.05, 0.1) is 14.2 Å². The highest BCUT2D eigenvalue weighted by Gasteiger charge is 2.34. The van der Waals surface area contributed by atoms with Gasteiger partial charge < -0.3 is 24.4 Å². The Hall–Kier alpha value is -3.55. The van der Waals surface area contributed by atoms with Gasteiger partial charge in [-0.2, -0.15) is 0 Å². The van der Waals surface area contributed by atoms with Crippen molar-refractivity contribution in [3.05, 3.63) is 53.6 Å². The maximum absolute atomic E-state index is 13.2. The summed E-state index contributed by atoms with van der Waals surface area (Å²) in [6.45, 7) is 2.13. The van der Waals surface area contributed by atoms with Crippen molar-refractivity contribution in [2.75, 3.05) is 26.1 Å². The zero-order valence-electron chi connectivity index (χ0n) is 19.3. The minimum atomic E-state index is -0.620. The van der Waals surface area contributed by atoms with Crippen molar-refractivity contribution in [2.24, 2.45) is 0 Å². The van der Waals surface area contributed by atoms with Gasteiger partial charge in [0.2, 0.25) is 11.8 Å². The van der Waals surface area contributed by atoms with E-state index in [9.17, 15) is 14.4 Å². The smallest absolute Gasteiger partial charge is 0.343 e. The molecule has 0 aromatic heterocycles. The average molecular weight is 455 g/mol. The normalized spacial score (nSPS) is 14.8. The minimum absolute atomic E-state index is 0.0572. The third-order valence-electron chi connectivity index (χ3n) is 5.62. The van der Waals surface area contributed by atoms with Crippen LogP contribution in [0.1, 0.15) is 37.3 Å². The molecule has 1 N–H and O–H groups in total. The van der Waals surface area contributed by atoms with Crippen molar-refractivity contribution in [2.45, 2.75) is 45.2 Å². The molecule has 0 aliphatic carbocycles. The highest BCUT2D eigenvalue weighted by molar-refractivity contribution is 5.97. The molecule has 1 aliphatic heterocycles. The largest absolute Gasteiger partial charge is 0.497 e. The van der Waals surface area contributed by atoms with Crippen LogP contribution >= 0.6 is 0 Å². The van der Waals surface area contributed by atoms with Gasteiger partial charge in [-0.05, 0) is 53.9 Å². The molecule has 0 bridgehead atoms. The number of benzene rings is 2. The van der Waals surface area contributed by atoms with Crippen LogP contribution in [0.15, 0.2) is 42.5 Å². The lowest BCUT2D eigenvalue weighted by molar-refractivity contribution is -0.142. The van der Waals surface area contributed by atoms with Crippen LogP contribution < -0.4 is 14.8 Å². The van der Waals surface area contributed by atoms with E-state index >= 15 is 0 Å². The summed E-state index contributed by atoms with van der Waals surface area (Å²) >= 11 is 0. The molecule has 0 radical (unpaired) electrons. The van der Waals surface area contributed by atoms with E-state index in [0.717, 1.165) is 24.0 Å². The number of hydrogen-bond acceptors (Lipinski definition) is 6. The van der Waals surface area contributed by atoms with E-state index in [1.54, 1.807) is 42.3 Å². The van der Waals surface area contributed by atoms with Gasteiger partial charge >= 0.3 is 5.97 Å². The average Bonchev–Trinajstić information content (AvgIpc) is 2.85. The molecule has 0 saturated carbocycles. The molecule has 1 atom stereocenters. The highest BCUT2D eigenvalue weighted by atomic mass is 16.6. The Morgan fingerprint density at radius 1 is 1.03 bits per heavy atom. The molecule has 0 spiro atoms. The van der Waals surface area contributed by atoms with E-state index in [-0.39, 0.29) is 18.4 Å². The zero-order chi connectivity index (χ0) is 23.8. The summed E-state index contributed by atoms with van der Waals surface area (Å²) in [5.41, 5.74) is 2.50. The van der Waals surface area contributed by atoms with E-state index in [2.05, 4.69) is 10.1 Å². The summed E-state index contributed by atoms with van der Waals surface area (Å²) < 4.78 is 15.3. The molecule has 8 heteroatoms. The van der Waals surface area contributed by atoms with Gasteiger partial charge in [0, 0.05) is 25.1 Å². The number of carbonyl (C=O) groups excluding carboxylic acids is 3. The molecule has 1 heterocycles. The van der Waals surface area contributed by atoms with Crippen LogP contribution in [0.3, 0.4) is 0 Å². The Labute approximate surface area is 193 Å². The van der Waals surface area contributed by atoms with Crippen molar-refractivity contribution >= 4 is 23.5 Å². The second kappa shape index (κ2) is 11.4. The Balaban J connectivity index is 1.80. The Morgan fingerprint density at radius 2 is 1.76 bits per heavy atom. The first-order valence-electron chi connectivity index (χ1n) is 11.0. The molecule has 176 valence electrons. The maximum Gasteiger partial charge on any atom is 0.343 e. The van der Waals surface area contributed by atoms with Gasteiger partial charge in [-0.3, -0.25) is 9.59 Å². The number of hydrogen-bond donors (Lipinski definition) is 1. The first-order chi connectivity index (χ1) is 15.9. The van der Waals surface area contributed by atoms with Gasteiger partial charge in [0.25, 0.3) is 0 Å². The number of unbranched alkanes of at least 4 members (excludes halogenated alkanes) is 1. The van der Waals surface area contributed by atoms with Crippen LogP contribution in [-0.2, 0) is 32.1 Å². The number of carbonyl (C=O) groups is 3. The summed E-state index contributed by atoms with van der Waals surface area (Å²) in [5, 5.41) is 2.92. The molecule has 1 aliphatic rings. The van der Waals surface area contributed by atoms with Crippen LogP contribution in [0, 0.1) is 0 Å². The van der Waals surface area contributed by atoms with Crippen LogP contribution in [0.5, 0.6) is 11.5 Å². The van der Waals surface area contributed by atoms with Gasteiger partial charge in [-0.1, -0.05) is 19.4 Å². The number of nitrogens with zero attached hydrogens (tertiary/aromatic N) is 1. The second-order valence-electron chi connectivity index (χ2n) is 7.86. The lowest BCUT2D eigenvalue weighted by Crippen LogP contribution is -2.50.